The molecule has 9 heteroatoms. The summed E-state index contributed by atoms with van der Waals surface area (Å²) in [4.78, 5) is 13.0. The van der Waals surface area contributed by atoms with Crippen LogP contribution in [-0.2, 0) is 0 Å². The second-order valence-corrected chi connectivity index (χ2v) is 7.05. The molecule has 0 radical (unpaired) electrons. The Balaban J connectivity index is 1.76. The largest absolute Gasteiger partial charge is 0.497 e. The summed E-state index contributed by atoms with van der Waals surface area (Å²) in [5.41, 5.74) is 4.12. The highest BCUT2D eigenvalue weighted by Gasteiger charge is 2.22. The van der Waals surface area contributed by atoms with Gasteiger partial charge < -0.3 is 19.5 Å². The molecule has 4 aromatic rings. The van der Waals surface area contributed by atoms with E-state index in [4.69, 9.17) is 14.2 Å². The van der Waals surface area contributed by atoms with Crippen molar-refractivity contribution < 1.29 is 19.0 Å². The zero-order valence-corrected chi connectivity index (χ0v) is 18.5. The fourth-order valence-corrected chi connectivity index (χ4v) is 3.58. The van der Waals surface area contributed by atoms with E-state index in [9.17, 15) is 4.79 Å². The van der Waals surface area contributed by atoms with Crippen LogP contribution in [-0.4, -0.2) is 47.0 Å². The van der Waals surface area contributed by atoms with Crippen LogP contribution in [0.15, 0.2) is 42.5 Å². The SMILES string of the molecule is COc1ccc(OC)c(NC(=O)c2nnc3c(-c4ccccc4OC)c(C)nn3c2C)c1. The molecule has 0 fully saturated rings. The first-order valence-electron chi connectivity index (χ1n) is 9.87. The van der Waals surface area contributed by atoms with Gasteiger partial charge in [0.25, 0.3) is 5.91 Å². The number of nitrogens with zero attached hydrogens (tertiary/aromatic N) is 4. The Bertz CT molecular complexity index is 1320. The summed E-state index contributed by atoms with van der Waals surface area (Å²) >= 11 is 0. The molecule has 1 N–H and O–H groups in total. The Hall–Kier alpha value is -4.14. The Morgan fingerprint density at radius 1 is 0.938 bits per heavy atom. The third-order valence-electron chi connectivity index (χ3n) is 5.19. The van der Waals surface area contributed by atoms with Gasteiger partial charge in [-0.25, -0.2) is 4.52 Å². The number of amides is 1. The maximum atomic E-state index is 13.0. The van der Waals surface area contributed by atoms with Crippen LogP contribution >= 0.6 is 0 Å². The summed E-state index contributed by atoms with van der Waals surface area (Å²) in [5.74, 6) is 1.36. The highest BCUT2D eigenvalue weighted by Crippen LogP contribution is 2.35. The molecule has 2 aromatic carbocycles. The number of para-hydroxylation sites is 1. The van der Waals surface area contributed by atoms with Crippen molar-refractivity contribution in [2.45, 2.75) is 13.8 Å². The first-order valence-corrected chi connectivity index (χ1v) is 9.87. The van der Waals surface area contributed by atoms with Gasteiger partial charge in [0.2, 0.25) is 0 Å². The van der Waals surface area contributed by atoms with Gasteiger partial charge in [0, 0.05) is 11.6 Å². The maximum Gasteiger partial charge on any atom is 0.278 e. The smallest absolute Gasteiger partial charge is 0.278 e. The number of methoxy groups -OCH3 is 3. The number of carbonyl (C=O) groups excluding carboxylic acids is 1. The highest BCUT2D eigenvalue weighted by molar-refractivity contribution is 6.04. The summed E-state index contributed by atoms with van der Waals surface area (Å²) in [5, 5.41) is 16.0. The number of carbonyl (C=O) groups is 1. The molecule has 0 aliphatic heterocycles. The van der Waals surface area contributed by atoms with E-state index in [0.717, 1.165) is 16.8 Å². The molecule has 0 saturated heterocycles. The molecule has 0 atom stereocenters. The Morgan fingerprint density at radius 3 is 2.41 bits per heavy atom. The zero-order chi connectivity index (χ0) is 22.8. The van der Waals surface area contributed by atoms with Gasteiger partial charge in [-0.3, -0.25) is 4.79 Å². The average Bonchev–Trinajstić information content (AvgIpc) is 3.15. The summed E-state index contributed by atoms with van der Waals surface area (Å²) in [6.45, 7) is 3.66. The fraction of sp³-hybridized carbons (Fsp3) is 0.217. The molecule has 0 unspecified atom stereocenters. The van der Waals surface area contributed by atoms with Crippen LogP contribution in [0.25, 0.3) is 16.8 Å². The second kappa shape index (κ2) is 8.54. The van der Waals surface area contributed by atoms with Gasteiger partial charge in [0.15, 0.2) is 11.3 Å². The average molecular weight is 433 g/mol. The van der Waals surface area contributed by atoms with Crippen LogP contribution in [0.4, 0.5) is 5.69 Å². The Kier molecular flexibility index (Phi) is 5.63. The molecular weight excluding hydrogens is 410 g/mol. The Labute approximate surface area is 185 Å². The minimum Gasteiger partial charge on any atom is -0.497 e. The minimum atomic E-state index is -0.435. The number of hydrogen-bond donors (Lipinski definition) is 1. The van der Waals surface area contributed by atoms with Crippen LogP contribution in [0.3, 0.4) is 0 Å². The number of rotatable bonds is 6. The van der Waals surface area contributed by atoms with Gasteiger partial charge in [0.05, 0.1) is 44.0 Å². The number of aryl methyl sites for hydroxylation is 2. The lowest BCUT2D eigenvalue weighted by Gasteiger charge is -2.12. The van der Waals surface area contributed by atoms with Crippen LogP contribution in [0.5, 0.6) is 17.2 Å². The van der Waals surface area contributed by atoms with Gasteiger partial charge >= 0.3 is 0 Å². The van der Waals surface area contributed by atoms with Crippen molar-refractivity contribution in [3.8, 4) is 28.4 Å². The summed E-state index contributed by atoms with van der Waals surface area (Å²) < 4.78 is 17.7. The monoisotopic (exact) mass is 433 g/mol. The summed E-state index contributed by atoms with van der Waals surface area (Å²) in [6.07, 6.45) is 0. The molecule has 0 bridgehead atoms. The van der Waals surface area contributed by atoms with Crippen molar-refractivity contribution in [1.29, 1.82) is 0 Å². The van der Waals surface area contributed by atoms with E-state index in [-0.39, 0.29) is 5.69 Å². The quantitative estimate of drug-likeness (QED) is 0.495. The van der Waals surface area contributed by atoms with Gasteiger partial charge in [-0.05, 0) is 32.0 Å². The van der Waals surface area contributed by atoms with Gasteiger partial charge in [-0.15, -0.1) is 10.2 Å². The lowest BCUT2D eigenvalue weighted by atomic mass is 10.1. The van der Waals surface area contributed by atoms with Crippen molar-refractivity contribution in [3.63, 3.8) is 0 Å². The summed E-state index contributed by atoms with van der Waals surface area (Å²) in [7, 11) is 4.70. The Morgan fingerprint density at radius 2 is 1.69 bits per heavy atom. The molecule has 9 nitrogen and oxygen atoms in total. The number of fused-ring (bicyclic) bond motifs is 1. The predicted octanol–water partition coefficient (Wildman–Crippen LogP) is 3.69. The number of aromatic nitrogens is 4. The van der Waals surface area contributed by atoms with Gasteiger partial charge in [-0.2, -0.15) is 5.10 Å². The lowest BCUT2D eigenvalue weighted by molar-refractivity contribution is 0.101. The molecule has 32 heavy (non-hydrogen) atoms. The van der Waals surface area contributed by atoms with Crippen LogP contribution in [0, 0.1) is 13.8 Å². The predicted molar refractivity (Wildman–Crippen MR) is 120 cm³/mol. The lowest BCUT2D eigenvalue weighted by Crippen LogP contribution is -2.19. The molecule has 2 heterocycles. The van der Waals surface area contributed by atoms with Crippen molar-refractivity contribution >= 4 is 17.2 Å². The van der Waals surface area contributed by atoms with E-state index in [1.807, 2.05) is 31.2 Å². The topological polar surface area (TPSA) is 99.9 Å². The van der Waals surface area contributed by atoms with Crippen LogP contribution in [0.2, 0.25) is 0 Å². The van der Waals surface area contributed by atoms with Gasteiger partial charge in [-0.1, -0.05) is 18.2 Å². The number of anilines is 1. The van der Waals surface area contributed by atoms with E-state index in [1.54, 1.807) is 43.9 Å². The second-order valence-electron chi connectivity index (χ2n) is 7.05. The number of nitrogens with one attached hydrogen (secondary N) is 1. The fourth-order valence-electron chi connectivity index (χ4n) is 3.58. The first-order chi connectivity index (χ1) is 15.5. The number of benzene rings is 2. The van der Waals surface area contributed by atoms with Crippen molar-refractivity contribution in [2.75, 3.05) is 26.6 Å². The van der Waals surface area contributed by atoms with Crippen LogP contribution < -0.4 is 19.5 Å². The standard InChI is InChI=1S/C23H23N5O4/c1-13-20(16-8-6-7-9-18(16)31-4)22-26-25-21(14(2)28(22)27-13)23(29)24-17-12-15(30-3)10-11-19(17)32-5/h6-12H,1-5H3,(H,24,29). The minimum absolute atomic E-state index is 0.149. The normalized spacial score (nSPS) is 10.8. The van der Waals surface area contributed by atoms with E-state index in [2.05, 4.69) is 20.6 Å². The van der Waals surface area contributed by atoms with E-state index in [0.29, 0.717) is 34.3 Å². The third-order valence-corrected chi connectivity index (χ3v) is 5.19. The zero-order valence-electron chi connectivity index (χ0n) is 18.5. The highest BCUT2D eigenvalue weighted by atomic mass is 16.5. The van der Waals surface area contributed by atoms with Crippen molar-refractivity contribution in [3.05, 3.63) is 59.5 Å². The molecule has 0 aliphatic rings. The number of hydrogen-bond acceptors (Lipinski definition) is 7. The first kappa shape index (κ1) is 21.1. The molecule has 1 amide bonds. The third kappa shape index (κ3) is 3.58. The molecule has 0 spiro atoms. The molecule has 4 rings (SSSR count). The van der Waals surface area contributed by atoms with Crippen LogP contribution in [0.1, 0.15) is 21.9 Å². The van der Waals surface area contributed by atoms with Crippen molar-refractivity contribution in [2.24, 2.45) is 0 Å². The molecule has 0 aliphatic carbocycles. The molecule has 164 valence electrons. The van der Waals surface area contributed by atoms with E-state index in [1.165, 1.54) is 7.11 Å². The summed E-state index contributed by atoms with van der Waals surface area (Å²) in [6, 6.07) is 12.8. The van der Waals surface area contributed by atoms with Crippen molar-refractivity contribution in [1.82, 2.24) is 19.8 Å². The van der Waals surface area contributed by atoms with E-state index < -0.39 is 5.91 Å². The molecule has 0 saturated carbocycles. The van der Waals surface area contributed by atoms with Gasteiger partial charge in [0.1, 0.15) is 17.2 Å². The van der Waals surface area contributed by atoms with E-state index >= 15 is 0 Å². The molecule has 2 aromatic heterocycles. The maximum absolute atomic E-state index is 13.0. The number of ether oxygens (including phenoxy) is 3. The molecular formula is C23H23N5O4.